The monoisotopic (exact) mass is 255 g/mol. The zero-order chi connectivity index (χ0) is 12.9. The molecular formula is C14H16F3N. The molecule has 0 bridgehead atoms. The molecule has 1 aromatic carbocycles. The minimum absolute atomic E-state index is 0.111. The van der Waals surface area contributed by atoms with Crippen molar-refractivity contribution in [3.05, 3.63) is 35.4 Å². The standard InChI is InChI=1S/C14H16F3N/c15-14(16,17)12-3-1-8(2-4-12)13(18)11-6-9-5-10(9)7-11/h1-4,9-11,13H,5-7,18H2. The van der Waals surface area contributed by atoms with Gasteiger partial charge in [-0.05, 0) is 54.7 Å². The third-order valence-electron chi connectivity index (χ3n) is 4.41. The Hall–Kier alpha value is -1.03. The van der Waals surface area contributed by atoms with Crippen LogP contribution in [-0.2, 0) is 6.18 Å². The third-order valence-corrected chi connectivity index (χ3v) is 4.41. The Morgan fingerprint density at radius 3 is 2.06 bits per heavy atom. The lowest BCUT2D eigenvalue weighted by molar-refractivity contribution is -0.137. The number of nitrogens with two attached hydrogens (primary N) is 1. The fraction of sp³-hybridized carbons (Fsp3) is 0.571. The van der Waals surface area contributed by atoms with Gasteiger partial charge in [0.25, 0.3) is 0 Å². The van der Waals surface area contributed by atoms with E-state index in [9.17, 15) is 13.2 Å². The number of hydrogen-bond donors (Lipinski definition) is 1. The Bertz CT molecular complexity index is 427. The molecule has 1 aromatic rings. The van der Waals surface area contributed by atoms with Crippen LogP contribution in [0, 0.1) is 17.8 Å². The van der Waals surface area contributed by atoms with Gasteiger partial charge in [0.2, 0.25) is 0 Å². The maximum Gasteiger partial charge on any atom is 0.416 e. The van der Waals surface area contributed by atoms with Crippen LogP contribution in [0.3, 0.4) is 0 Å². The number of fused-ring (bicyclic) bond motifs is 1. The first-order valence-electron chi connectivity index (χ1n) is 6.38. The molecule has 0 radical (unpaired) electrons. The minimum Gasteiger partial charge on any atom is -0.324 e. The molecule has 4 heteroatoms. The molecule has 0 aromatic heterocycles. The van der Waals surface area contributed by atoms with E-state index < -0.39 is 11.7 Å². The summed E-state index contributed by atoms with van der Waals surface area (Å²) < 4.78 is 37.3. The fourth-order valence-corrected chi connectivity index (χ4v) is 3.22. The van der Waals surface area contributed by atoms with E-state index in [1.54, 1.807) is 0 Å². The van der Waals surface area contributed by atoms with Gasteiger partial charge in [-0.3, -0.25) is 0 Å². The molecule has 3 rings (SSSR count). The van der Waals surface area contributed by atoms with E-state index >= 15 is 0 Å². The van der Waals surface area contributed by atoms with Crippen molar-refractivity contribution in [2.24, 2.45) is 23.5 Å². The van der Waals surface area contributed by atoms with Crippen LogP contribution < -0.4 is 5.73 Å². The van der Waals surface area contributed by atoms with Crippen molar-refractivity contribution in [1.82, 2.24) is 0 Å². The molecule has 3 unspecified atom stereocenters. The van der Waals surface area contributed by atoms with Gasteiger partial charge in [-0.25, -0.2) is 0 Å². The first-order valence-corrected chi connectivity index (χ1v) is 6.38. The predicted octanol–water partition coefficient (Wildman–Crippen LogP) is 3.75. The van der Waals surface area contributed by atoms with Crippen molar-refractivity contribution in [2.75, 3.05) is 0 Å². The van der Waals surface area contributed by atoms with Gasteiger partial charge in [-0.1, -0.05) is 12.1 Å². The molecule has 0 saturated heterocycles. The first kappa shape index (κ1) is 12.0. The zero-order valence-corrected chi connectivity index (χ0v) is 9.95. The molecule has 2 saturated carbocycles. The Labute approximate surface area is 104 Å². The summed E-state index contributed by atoms with van der Waals surface area (Å²) in [5.41, 5.74) is 6.39. The molecular weight excluding hydrogens is 239 g/mol. The molecule has 2 fully saturated rings. The molecule has 98 valence electrons. The Morgan fingerprint density at radius 2 is 1.56 bits per heavy atom. The second kappa shape index (κ2) is 3.98. The van der Waals surface area contributed by atoms with Crippen LogP contribution in [0.4, 0.5) is 13.2 Å². The van der Waals surface area contributed by atoms with Gasteiger partial charge in [0.1, 0.15) is 0 Å². The molecule has 3 atom stereocenters. The van der Waals surface area contributed by atoms with E-state index in [1.165, 1.54) is 18.6 Å². The molecule has 18 heavy (non-hydrogen) atoms. The Balaban J connectivity index is 1.72. The number of halogens is 3. The topological polar surface area (TPSA) is 26.0 Å². The molecule has 2 aliphatic rings. The van der Waals surface area contributed by atoms with Gasteiger partial charge in [0.15, 0.2) is 0 Å². The maximum atomic E-state index is 12.4. The summed E-state index contributed by atoms with van der Waals surface area (Å²) in [6.45, 7) is 0. The lowest BCUT2D eigenvalue weighted by atomic mass is 9.89. The van der Waals surface area contributed by atoms with Crippen molar-refractivity contribution < 1.29 is 13.2 Å². The zero-order valence-electron chi connectivity index (χ0n) is 9.95. The van der Waals surface area contributed by atoms with E-state index in [0.29, 0.717) is 5.92 Å². The highest BCUT2D eigenvalue weighted by atomic mass is 19.4. The highest BCUT2D eigenvalue weighted by Gasteiger charge is 2.47. The second-order valence-corrected chi connectivity index (χ2v) is 5.63. The molecule has 0 spiro atoms. The van der Waals surface area contributed by atoms with Crippen molar-refractivity contribution in [3.63, 3.8) is 0 Å². The van der Waals surface area contributed by atoms with E-state index in [-0.39, 0.29) is 6.04 Å². The van der Waals surface area contributed by atoms with Crippen LogP contribution in [-0.4, -0.2) is 0 Å². The number of alkyl halides is 3. The van der Waals surface area contributed by atoms with Gasteiger partial charge >= 0.3 is 6.18 Å². The van der Waals surface area contributed by atoms with Gasteiger partial charge in [-0.15, -0.1) is 0 Å². The Kier molecular flexibility index (Phi) is 2.66. The van der Waals surface area contributed by atoms with Gasteiger partial charge < -0.3 is 5.73 Å². The van der Waals surface area contributed by atoms with Gasteiger partial charge in [-0.2, -0.15) is 13.2 Å². The van der Waals surface area contributed by atoms with Crippen LogP contribution in [0.2, 0.25) is 0 Å². The normalized spacial score (nSPS) is 32.1. The Morgan fingerprint density at radius 1 is 1.00 bits per heavy atom. The summed E-state index contributed by atoms with van der Waals surface area (Å²) in [7, 11) is 0. The fourth-order valence-electron chi connectivity index (χ4n) is 3.22. The van der Waals surface area contributed by atoms with Crippen LogP contribution in [0.15, 0.2) is 24.3 Å². The summed E-state index contributed by atoms with van der Waals surface area (Å²) >= 11 is 0. The average molecular weight is 255 g/mol. The van der Waals surface area contributed by atoms with E-state index in [2.05, 4.69) is 0 Å². The van der Waals surface area contributed by atoms with Crippen molar-refractivity contribution in [2.45, 2.75) is 31.5 Å². The molecule has 2 aliphatic carbocycles. The molecule has 0 heterocycles. The van der Waals surface area contributed by atoms with Gasteiger partial charge in [0.05, 0.1) is 5.56 Å². The lowest BCUT2D eigenvalue weighted by Crippen LogP contribution is -2.20. The summed E-state index contributed by atoms with van der Waals surface area (Å²) in [5.74, 6) is 2.14. The summed E-state index contributed by atoms with van der Waals surface area (Å²) in [4.78, 5) is 0. The van der Waals surface area contributed by atoms with Crippen LogP contribution >= 0.6 is 0 Å². The largest absolute Gasteiger partial charge is 0.416 e. The van der Waals surface area contributed by atoms with Crippen LogP contribution in [0.5, 0.6) is 0 Å². The highest BCUT2D eigenvalue weighted by molar-refractivity contribution is 5.27. The molecule has 2 N–H and O–H groups in total. The molecule has 1 nitrogen and oxygen atoms in total. The summed E-state index contributed by atoms with van der Waals surface area (Å²) in [5, 5.41) is 0. The average Bonchev–Trinajstić information content (AvgIpc) is 2.94. The number of benzene rings is 1. The number of hydrogen-bond acceptors (Lipinski definition) is 1. The quantitative estimate of drug-likeness (QED) is 0.855. The van der Waals surface area contributed by atoms with Gasteiger partial charge in [0, 0.05) is 6.04 Å². The molecule has 0 amide bonds. The molecule has 0 aliphatic heterocycles. The predicted molar refractivity (Wildman–Crippen MR) is 62.7 cm³/mol. The third kappa shape index (κ3) is 2.14. The summed E-state index contributed by atoms with van der Waals surface area (Å²) in [6.07, 6.45) is -0.645. The van der Waals surface area contributed by atoms with Crippen molar-refractivity contribution >= 4 is 0 Å². The van der Waals surface area contributed by atoms with Crippen LogP contribution in [0.1, 0.15) is 36.4 Å². The first-order chi connectivity index (χ1) is 8.45. The van der Waals surface area contributed by atoms with Crippen LogP contribution in [0.25, 0.3) is 0 Å². The smallest absolute Gasteiger partial charge is 0.324 e. The second-order valence-electron chi connectivity index (χ2n) is 5.63. The van der Waals surface area contributed by atoms with Crippen molar-refractivity contribution in [3.8, 4) is 0 Å². The maximum absolute atomic E-state index is 12.4. The van der Waals surface area contributed by atoms with E-state index in [0.717, 1.165) is 42.4 Å². The van der Waals surface area contributed by atoms with E-state index in [4.69, 9.17) is 5.73 Å². The minimum atomic E-state index is -4.27. The van der Waals surface area contributed by atoms with Crippen molar-refractivity contribution in [1.29, 1.82) is 0 Å². The lowest BCUT2D eigenvalue weighted by Gasteiger charge is -2.21. The highest BCUT2D eigenvalue weighted by Crippen LogP contribution is 2.56. The number of rotatable bonds is 2. The van der Waals surface area contributed by atoms with E-state index in [1.807, 2.05) is 0 Å². The summed E-state index contributed by atoms with van der Waals surface area (Å²) in [6, 6.07) is 5.20. The SMILES string of the molecule is NC(c1ccc(C(F)(F)F)cc1)C1CC2CC2C1.